The number of pyridine rings is 1. The first kappa shape index (κ1) is 23.2. The zero-order chi connectivity index (χ0) is 23.1. The summed E-state index contributed by atoms with van der Waals surface area (Å²) < 4.78 is 33.5. The van der Waals surface area contributed by atoms with Crippen LogP contribution in [0.25, 0.3) is 0 Å². The van der Waals surface area contributed by atoms with E-state index in [2.05, 4.69) is 5.32 Å². The fourth-order valence-electron chi connectivity index (χ4n) is 3.08. The monoisotopic (exact) mass is 455 g/mol. The number of nitrogens with zero attached hydrogens (tertiary/aromatic N) is 2. The van der Waals surface area contributed by atoms with Crippen LogP contribution < -0.4 is 15.6 Å². The van der Waals surface area contributed by atoms with Crippen molar-refractivity contribution in [1.82, 2.24) is 8.87 Å². The Bertz CT molecular complexity index is 1220. The number of nitrogens with one attached hydrogen (secondary N) is 1. The van der Waals surface area contributed by atoms with Gasteiger partial charge in [-0.3, -0.25) is 9.59 Å². The van der Waals surface area contributed by atoms with E-state index in [0.29, 0.717) is 30.3 Å². The third kappa shape index (κ3) is 5.63. The number of aromatic nitrogens is 1. The number of sulfonamides is 1. The molecule has 0 aliphatic carbocycles. The van der Waals surface area contributed by atoms with Crippen LogP contribution in [0.2, 0.25) is 0 Å². The number of carbonyl (C=O) groups excluding carboxylic acids is 1. The molecule has 0 atom stereocenters. The van der Waals surface area contributed by atoms with Crippen molar-refractivity contribution < 1.29 is 17.9 Å². The van der Waals surface area contributed by atoms with Crippen molar-refractivity contribution in [3.63, 3.8) is 0 Å². The van der Waals surface area contributed by atoms with E-state index in [1.54, 1.807) is 38.1 Å². The van der Waals surface area contributed by atoms with Gasteiger partial charge in [-0.15, -0.1) is 0 Å². The van der Waals surface area contributed by atoms with E-state index >= 15 is 0 Å². The van der Waals surface area contributed by atoms with Gasteiger partial charge in [0.2, 0.25) is 15.9 Å². The molecule has 32 heavy (non-hydrogen) atoms. The molecule has 0 unspecified atom stereocenters. The number of ether oxygens (including phenoxy) is 1. The Morgan fingerprint density at radius 3 is 2.19 bits per heavy atom. The quantitative estimate of drug-likeness (QED) is 0.534. The first-order chi connectivity index (χ1) is 15.3. The molecule has 0 radical (unpaired) electrons. The van der Waals surface area contributed by atoms with E-state index in [-0.39, 0.29) is 11.4 Å². The minimum Gasteiger partial charge on any atom is -0.457 e. The Morgan fingerprint density at radius 1 is 0.938 bits per heavy atom. The molecular formula is C23H25N3O5S. The van der Waals surface area contributed by atoms with Crippen molar-refractivity contribution in [1.29, 1.82) is 0 Å². The van der Waals surface area contributed by atoms with Crippen LogP contribution in [0.15, 0.2) is 82.6 Å². The predicted octanol–water partition coefficient (Wildman–Crippen LogP) is 3.31. The van der Waals surface area contributed by atoms with Crippen molar-refractivity contribution in [3.8, 4) is 11.5 Å². The van der Waals surface area contributed by atoms with Crippen LogP contribution in [-0.2, 0) is 21.4 Å². The van der Waals surface area contributed by atoms with E-state index in [1.807, 2.05) is 30.3 Å². The molecule has 0 saturated heterocycles. The molecule has 1 heterocycles. The lowest BCUT2D eigenvalue weighted by molar-refractivity contribution is -0.116. The van der Waals surface area contributed by atoms with E-state index in [9.17, 15) is 18.0 Å². The lowest BCUT2D eigenvalue weighted by Crippen LogP contribution is -2.33. The number of anilines is 1. The van der Waals surface area contributed by atoms with Crippen molar-refractivity contribution in [2.24, 2.45) is 0 Å². The number of rotatable bonds is 9. The van der Waals surface area contributed by atoms with Crippen molar-refractivity contribution >= 4 is 21.6 Å². The minimum atomic E-state index is -3.74. The molecule has 0 aliphatic rings. The van der Waals surface area contributed by atoms with Crippen LogP contribution in [0.5, 0.6) is 11.5 Å². The van der Waals surface area contributed by atoms with E-state index < -0.39 is 21.5 Å². The van der Waals surface area contributed by atoms with Crippen molar-refractivity contribution in [2.45, 2.75) is 25.3 Å². The number of benzene rings is 2. The highest BCUT2D eigenvalue weighted by atomic mass is 32.2. The van der Waals surface area contributed by atoms with Crippen LogP contribution in [0.4, 0.5) is 5.69 Å². The Kier molecular flexibility index (Phi) is 7.45. The molecule has 1 aromatic heterocycles. The van der Waals surface area contributed by atoms with Crippen molar-refractivity contribution in [3.05, 3.63) is 83.3 Å². The average Bonchev–Trinajstić information content (AvgIpc) is 2.78. The molecule has 2 aromatic carbocycles. The number of amides is 1. The lowest BCUT2D eigenvalue weighted by atomic mass is 10.3. The molecule has 1 N–H and O–H groups in total. The SMILES string of the molecule is CCN(CC)S(=O)(=O)c1ccc(=O)n(CC(=O)Nc2ccc(Oc3ccccc3)cc2)c1. The second-order valence-corrected chi connectivity index (χ2v) is 8.85. The molecule has 0 saturated carbocycles. The summed E-state index contributed by atoms with van der Waals surface area (Å²) in [6.07, 6.45) is 1.20. The van der Waals surface area contributed by atoms with Gasteiger partial charge in [-0.25, -0.2) is 8.42 Å². The Hall–Kier alpha value is -3.43. The van der Waals surface area contributed by atoms with Crippen LogP contribution in [0.1, 0.15) is 13.8 Å². The van der Waals surface area contributed by atoms with Gasteiger partial charge in [-0.1, -0.05) is 32.0 Å². The largest absolute Gasteiger partial charge is 0.457 e. The summed E-state index contributed by atoms with van der Waals surface area (Å²) in [6, 6.07) is 18.5. The van der Waals surface area contributed by atoms with Gasteiger partial charge in [-0.2, -0.15) is 4.31 Å². The summed E-state index contributed by atoms with van der Waals surface area (Å²) in [5.74, 6) is 0.851. The fraction of sp³-hybridized carbons (Fsp3) is 0.217. The highest BCUT2D eigenvalue weighted by Crippen LogP contribution is 2.22. The van der Waals surface area contributed by atoms with Crippen LogP contribution in [0.3, 0.4) is 0 Å². The first-order valence-electron chi connectivity index (χ1n) is 10.2. The van der Waals surface area contributed by atoms with Crippen LogP contribution >= 0.6 is 0 Å². The molecule has 3 rings (SSSR count). The van der Waals surface area contributed by atoms with E-state index in [4.69, 9.17) is 4.74 Å². The number of para-hydroxylation sites is 1. The third-order valence-electron chi connectivity index (χ3n) is 4.73. The van der Waals surface area contributed by atoms with Gasteiger partial charge in [0.05, 0.1) is 4.90 Å². The normalized spacial score (nSPS) is 11.3. The molecule has 0 fully saturated rings. The number of hydrogen-bond acceptors (Lipinski definition) is 5. The minimum absolute atomic E-state index is 0.0315. The molecule has 0 aliphatic heterocycles. The average molecular weight is 456 g/mol. The maximum absolute atomic E-state index is 12.7. The third-order valence-corrected chi connectivity index (χ3v) is 6.76. The molecular weight excluding hydrogens is 430 g/mol. The van der Waals surface area contributed by atoms with E-state index in [0.717, 1.165) is 10.6 Å². The summed E-state index contributed by atoms with van der Waals surface area (Å²) in [7, 11) is -3.74. The molecule has 1 amide bonds. The smallest absolute Gasteiger partial charge is 0.251 e. The Balaban J connectivity index is 1.69. The fourth-order valence-corrected chi connectivity index (χ4v) is 4.56. The first-order valence-corrected chi connectivity index (χ1v) is 11.6. The van der Waals surface area contributed by atoms with Gasteiger partial charge in [0.25, 0.3) is 5.56 Å². The van der Waals surface area contributed by atoms with Crippen LogP contribution in [-0.4, -0.2) is 36.3 Å². The van der Waals surface area contributed by atoms with Crippen molar-refractivity contribution in [2.75, 3.05) is 18.4 Å². The van der Waals surface area contributed by atoms with Gasteiger partial charge in [0, 0.05) is 31.0 Å². The number of carbonyl (C=O) groups is 1. The van der Waals surface area contributed by atoms with Gasteiger partial charge in [-0.05, 0) is 42.5 Å². The van der Waals surface area contributed by atoms with Gasteiger partial charge in [0.1, 0.15) is 18.0 Å². The van der Waals surface area contributed by atoms with Gasteiger partial charge < -0.3 is 14.6 Å². The molecule has 9 heteroatoms. The zero-order valence-electron chi connectivity index (χ0n) is 17.9. The molecule has 0 spiro atoms. The van der Waals surface area contributed by atoms with Gasteiger partial charge in [0.15, 0.2) is 0 Å². The maximum Gasteiger partial charge on any atom is 0.251 e. The second-order valence-electron chi connectivity index (χ2n) is 6.91. The van der Waals surface area contributed by atoms with E-state index in [1.165, 1.54) is 16.6 Å². The summed E-state index contributed by atoms with van der Waals surface area (Å²) in [5.41, 5.74) is 0.0561. The molecule has 168 valence electrons. The predicted molar refractivity (Wildman–Crippen MR) is 122 cm³/mol. The topological polar surface area (TPSA) is 97.7 Å². The Labute approximate surface area is 187 Å². The molecule has 3 aromatic rings. The Morgan fingerprint density at radius 2 is 1.56 bits per heavy atom. The van der Waals surface area contributed by atoms with Gasteiger partial charge >= 0.3 is 0 Å². The molecule has 0 bridgehead atoms. The summed E-state index contributed by atoms with van der Waals surface area (Å²) in [4.78, 5) is 24.6. The van der Waals surface area contributed by atoms with Crippen LogP contribution in [0, 0.1) is 0 Å². The second kappa shape index (κ2) is 10.3. The lowest BCUT2D eigenvalue weighted by Gasteiger charge is -2.19. The maximum atomic E-state index is 12.7. The highest BCUT2D eigenvalue weighted by Gasteiger charge is 2.22. The molecule has 8 nitrogen and oxygen atoms in total. The highest BCUT2D eigenvalue weighted by molar-refractivity contribution is 7.89. The zero-order valence-corrected chi connectivity index (χ0v) is 18.7. The summed E-state index contributed by atoms with van der Waals surface area (Å²) in [6.45, 7) is 3.77. The summed E-state index contributed by atoms with van der Waals surface area (Å²) >= 11 is 0. The standard InChI is InChI=1S/C23H25N3O5S/c1-3-26(4-2)32(29,30)21-14-15-23(28)25(16-21)17-22(27)24-18-10-12-20(13-11-18)31-19-8-6-5-7-9-19/h5-16H,3-4,17H2,1-2H3,(H,24,27). The number of hydrogen-bond donors (Lipinski definition) is 1. The summed E-state index contributed by atoms with van der Waals surface area (Å²) in [5, 5.41) is 2.70.